The van der Waals surface area contributed by atoms with Crippen molar-refractivity contribution in [2.24, 2.45) is 0 Å². The average molecular weight is 292 g/mol. The predicted octanol–water partition coefficient (Wildman–Crippen LogP) is -0.355. The fraction of sp³-hybridized carbons (Fsp3) is 1.00. The fourth-order valence-electron chi connectivity index (χ4n) is 1.45. The molecule has 1 aliphatic rings. The molecule has 120 valence electrons. The molecular formula is C12H28N4O4. The highest BCUT2D eigenvalue weighted by atomic mass is 16.7. The Morgan fingerprint density at radius 3 is 1.00 bits per heavy atom. The van der Waals surface area contributed by atoms with E-state index in [1.54, 1.807) is 0 Å². The first kappa shape index (κ1) is 17.7. The van der Waals surface area contributed by atoms with Crippen molar-refractivity contribution in [2.45, 2.75) is 25.7 Å². The first-order chi connectivity index (χ1) is 10.0. The van der Waals surface area contributed by atoms with Gasteiger partial charge in [0.25, 0.3) is 0 Å². The molecule has 1 saturated heterocycles. The highest BCUT2D eigenvalue weighted by molar-refractivity contribution is 4.43. The topological polar surface area (TPSA) is 85.0 Å². The van der Waals surface area contributed by atoms with Crippen LogP contribution in [0.2, 0.25) is 0 Å². The Balaban J connectivity index is 2.00. The summed E-state index contributed by atoms with van der Waals surface area (Å²) in [6.07, 6.45) is 3.58. The Labute approximate surface area is 120 Å². The first-order valence-electron chi connectivity index (χ1n) is 7.39. The second-order valence-corrected chi connectivity index (χ2v) is 4.39. The molecule has 0 spiro atoms. The molecule has 0 atom stereocenters. The zero-order valence-electron chi connectivity index (χ0n) is 12.1. The molecule has 1 heterocycles. The van der Waals surface area contributed by atoms with Crippen molar-refractivity contribution in [3.63, 3.8) is 0 Å². The van der Waals surface area contributed by atoms with Gasteiger partial charge in [0.15, 0.2) is 0 Å². The van der Waals surface area contributed by atoms with Gasteiger partial charge in [-0.25, -0.2) is 21.9 Å². The molecule has 0 aromatic heterocycles. The van der Waals surface area contributed by atoms with E-state index in [2.05, 4.69) is 21.9 Å². The van der Waals surface area contributed by atoms with Gasteiger partial charge >= 0.3 is 0 Å². The molecule has 8 nitrogen and oxygen atoms in total. The van der Waals surface area contributed by atoms with Gasteiger partial charge < -0.3 is 19.4 Å². The maximum Gasteiger partial charge on any atom is 0.0704 e. The second-order valence-electron chi connectivity index (χ2n) is 4.39. The molecule has 8 heteroatoms. The SMILES string of the molecule is C1CNOCCCONCCCNOCCCONC1. The Morgan fingerprint density at radius 2 is 0.700 bits per heavy atom. The van der Waals surface area contributed by atoms with Gasteiger partial charge in [0.05, 0.1) is 26.4 Å². The third-order valence-corrected chi connectivity index (χ3v) is 2.51. The van der Waals surface area contributed by atoms with Crippen LogP contribution in [0.15, 0.2) is 0 Å². The molecule has 4 N–H and O–H groups in total. The van der Waals surface area contributed by atoms with E-state index in [-0.39, 0.29) is 0 Å². The van der Waals surface area contributed by atoms with Crippen molar-refractivity contribution in [3.8, 4) is 0 Å². The Morgan fingerprint density at radius 1 is 0.400 bits per heavy atom. The minimum absolute atomic E-state index is 0.640. The summed E-state index contributed by atoms with van der Waals surface area (Å²) >= 11 is 0. The molecule has 0 radical (unpaired) electrons. The second kappa shape index (κ2) is 15.1. The van der Waals surface area contributed by atoms with Crippen molar-refractivity contribution in [2.75, 3.05) is 52.6 Å². The van der Waals surface area contributed by atoms with E-state index in [0.29, 0.717) is 26.4 Å². The van der Waals surface area contributed by atoms with Gasteiger partial charge in [0, 0.05) is 26.2 Å². The van der Waals surface area contributed by atoms with Crippen molar-refractivity contribution >= 4 is 0 Å². The van der Waals surface area contributed by atoms with E-state index < -0.39 is 0 Å². The molecule has 1 rings (SSSR count). The Hall–Kier alpha value is -0.320. The monoisotopic (exact) mass is 292 g/mol. The van der Waals surface area contributed by atoms with E-state index in [9.17, 15) is 0 Å². The van der Waals surface area contributed by atoms with Crippen LogP contribution in [-0.4, -0.2) is 52.6 Å². The predicted molar refractivity (Wildman–Crippen MR) is 74.3 cm³/mol. The summed E-state index contributed by atoms with van der Waals surface area (Å²) in [6, 6.07) is 0. The average Bonchev–Trinajstić information content (AvgIpc) is 2.46. The summed E-state index contributed by atoms with van der Waals surface area (Å²) in [6.45, 7) is 5.74. The van der Waals surface area contributed by atoms with Gasteiger partial charge in [-0.15, -0.1) is 0 Å². The third-order valence-electron chi connectivity index (χ3n) is 2.51. The highest BCUT2D eigenvalue weighted by Gasteiger charge is 1.94. The van der Waals surface area contributed by atoms with Crippen LogP contribution in [0.4, 0.5) is 0 Å². The largest absolute Gasteiger partial charge is 0.302 e. The van der Waals surface area contributed by atoms with E-state index >= 15 is 0 Å². The Bertz CT molecular complexity index is 114. The maximum atomic E-state index is 5.26. The van der Waals surface area contributed by atoms with E-state index in [1.165, 1.54) is 0 Å². The van der Waals surface area contributed by atoms with Gasteiger partial charge in [-0.3, -0.25) is 0 Å². The number of hydrogen-bond acceptors (Lipinski definition) is 8. The molecule has 0 amide bonds. The maximum absolute atomic E-state index is 5.26. The third kappa shape index (κ3) is 12.7. The van der Waals surface area contributed by atoms with Crippen LogP contribution in [0.5, 0.6) is 0 Å². The van der Waals surface area contributed by atoms with Crippen LogP contribution >= 0.6 is 0 Å². The summed E-state index contributed by atoms with van der Waals surface area (Å²) < 4.78 is 0. The lowest BCUT2D eigenvalue weighted by molar-refractivity contribution is -0.0149. The summed E-state index contributed by atoms with van der Waals surface area (Å²) in [4.78, 5) is 21.1. The van der Waals surface area contributed by atoms with E-state index in [0.717, 1.165) is 51.9 Å². The molecule has 0 saturated carbocycles. The minimum atomic E-state index is 0.640. The van der Waals surface area contributed by atoms with Crippen LogP contribution < -0.4 is 21.9 Å². The van der Waals surface area contributed by atoms with E-state index in [1.807, 2.05) is 0 Å². The van der Waals surface area contributed by atoms with Gasteiger partial charge in [0.2, 0.25) is 0 Å². The summed E-state index contributed by atoms with van der Waals surface area (Å²) in [5.41, 5.74) is 11.6. The molecule has 1 aliphatic heterocycles. The lowest BCUT2D eigenvalue weighted by atomic mass is 10.4. The molecular weight excluding hydrogens is 264 g/mol. The minimum Gasteiger partial charge on any atom is -0.302 e. The fourth-order valence-corrected chi connectivity index (χ4v) is 1.45. The van der Waals surface area contributed by atoms with E-state index in [4.69, 9.17) is 19.4 Å². The number of hydrogen-bond donors (Lipinski definition) is 4. The molecule has 0 aromatic rings. The van der Waals surface area contributed by atoms with Gasteiger partial charge in [-0.1, -0.05) is 0 Å². The van der Waals surface area contributed by atoms with Crippen molar-refractivity contribution < 1.29 is 19.4 Å². The molecule has 0 bridgehead atoms. The van der Waals surface area contributed by atoms with Crippen LogP contribution in [-0.2, 0) is 19.4 Å². The van der Waals surface area contributed by atoms with Gasteiger partial charge in [-0.05, 0) is 25.7 Å². The standard InChI is InChI=1S/C12H28N4O4/c1-5-13-17-9-3-11-19-15-7-2-8-16-20-12-4-10-18-14-6-1/h13-16H,1-12H2. The lowest BCUT2D eigenvalue weighted by Gasteiger charge is -2.10. The highest BCUT2D eigenvalue weighted by Crippen LogP contribution is 1.85. The van der Waals surface area contributed by atoms with Gasteiger partial charge in [0.1, 0.15) is 0 Å². The molecule has 0 aliphatic carbocycles. The summed E-state index contributed by atoms with van der Waals surface area (Å²) in [5.74, 6) is 0. The molecule has 1 fully saturated rings. The smallest absolute Gasteiger partial charge is 0.0704 e. The van der Waals surface area contributed by atoms with Crippen LogP contribution in [0, 0.1) is 0 Å². The Kier molecular flexibility index (Phi) is 13.4. The van der Waals surface area contributed by atoms with Crippen LogP contribution in [0.25, 0.3) is 0 Å². The zero-order chi connectivity index (χ0) is 14.1. The zero-order valence-corrected chi connectivity index (χ0v) is 12.1. The quantitative estimate of drug-likeness (QED) is 0.482. The van der Waals surface area contributed by atoms with Crippen molar-refractivity contribution in [3.05, 3.63) is 0 Å². The molecule has 20 heavy (non-hydrogen) atoms. The molecule has 0 unspecified atom stereocenters. The number of rotatable bonds is 0. The van der Waals surface area contributed by atoms with Crippen molar-refractivity contribution in [1.82, 2.24) is 21.9 Å². The van der Waals surface area contributed by atoms with Crippen LogP contribution in [0.3, 0.4) is 0 Å². The summed E-state index contributed by atoms with van der Waals surface area (Å²) in [7, 11) is 0. The van der Waals surface area contributed by atoms with Crippen LogP contribution in [0.1, 0.15) is 25.7 Å². The number of hydroxylamine groups is 4. The number of nitrogens with one attached hydrogen (secondary N) is 4. The first-order valence-corrected chi connectivity index (χ1v) is 7.39. The normalized spacial score (nSPS) is 24.0. The summed E-state index contributed by atoms with van der Waals surface area (Å²) in [5, 5.41) is 0. The lowest BCUT2D eigenvalue weighted by Crippen LogP contribution is -2.26. The van der Waals surface area contributed by atoms with Gasteiger partial charge in [-0.2, -0.15) is 0 Å². The molecule has 0 aromatic carbocycles. The van der Waals surface area contributed by atoms with Crippen molar-refractivity contribution in [1.29, 1.82) is 0 Å².